The van der Waals surface area contributed by atoms with Gasteiger partial charge in [0.25, 0.3) is 0 Å². The monoisotopic (exact) mass is 245 g/mol. The lowest BCUT2D eigenvalue weighted by Gasteiger charge is -2.23. The summed E-state index contributed by atoms with van der Waals surface area (Å²) in [6.45, 7) is 5.58. The Kier molecular flexibility index (Phi) is 4.82. The molecular formula is C17H27N. The number of hydrogen-bond acceptors (Lipinski definition) is 1. The Morgan fingerprint density at radius 3 is 2.28 bits per heavy atom. The Morgan fingerprint density at radius 2 is 1.72 bits per heavy atom. The highest BCUT2D eigenvalue weighted by molar-refractivity contribution is 5.28. The molecule has 0 heterocycles. The molecule has 1 heteroatoms. The van der Waals surface area contributed by atoms with E-state index in [-0.39, 0.29) is 0 Å². The molecule has 2 rings (SSSR count). The predicted octanol–water partition coefficient (Wildman–Crippen LogP) is 3.87. The lowest BCUT2D eigenvalue weighted by atomic mass is 9.85. The molecule has 1 nitrogen and oxygen atoms in total. The summed E-state index contributed by atoms with van der Waals surface area (Å²) in [6.07, 6.45) is 7.01. The van der Waals surface area contributed by atoms with Gasteiger partial charge >= 0.3 is 0 Å². The SMILES string of the molecule is CNCC(Cc1cc(C)cc(C)c1)C1CCCC1. The van der Waals surface area contributed by atoms with Gasteiger partial charge in [-0.25, -0.2) is 0 Å². The molecule has 1 aliphatic carbocycles. The lowest BCUT2D eigenvalue weighted by Crippen LogP contribution is -2.26. The van der Waals surface area contributed by atoms with Crippen molar-refractivity contribution in [1.82, 2.24) is 5.32 Å². The molecule has 1 unspecified atom stereocenters. The van der Waals surface area contributed by atoms with Gasteiger partial charge in [0, 0.05) is 0 Å². The Hall–Kier alpha value is -0.820. The fourth-order valence-electron chi connectivity index (χ4n) is 3.59. The topological polar surface area (TPSA) is 12.0 Å². The van der Waals surface area contributed by atoms with E-state index in [1.54, 1.807) is 0 Å². The van der Waals surface area contributed by atoms with Crippen molar-refractivity contribution in [3.63, 3.8) is 0 Å². The highest BCUT2D eigenvalue weighted by Crippen LogP contribution is 2.33. The minimum absolute atomic E-state index is 0.818. The van der Waals surface area contributed by atoms with E-state index in [0.717, 1.165) is 18.4 Å². The van der Waals surface area contributed by atoms with Crippen LogP contribution in [0.25, 0.3) is 0 Å². The third-order valence-corrected chi connectivity index (χ3v) is 4.31. The van der Waals surface area contributed by atoms with Gasteiger partial charge in [0.15, 0.2) is 0 Å². The Labute approximate surface area is 112 Å². The van der Waals surface area contributed by atoms with Crippen molar-refractivity contribution in [3.05, 3.63) is 34.9 Å². The highest BCUT2D eigenvalue weighted by atomic mass is 14.8. The molecule has 1 fully saturated rings. The second kappa shape index (κ2) is 6.38. The molecule has 0 bridgehead atoms. The van der Waals surface area contributed by atoms with Crippen LogP contribution < -0.4 is 5.32 Å². The van der Waals surface area contributed by atoms with Crippen LogP contribution in [0.1, 0.15) is 42.4 Å². The predicted molar refractivity (Wildman–Crippen MR) is 79.0 cm³/mol. The van der Waals surface area contributed by atoms with Gasteiger partial charge in [-0.05, 0) is 51.3 Å². The quantitative estimate of drug-likeness (QED) is 0.830. The molecule has 100 valence electrons. The first-order valence-electron chi connectivity index (χ1n) is 7.41. The van der Waals surface area contributed by atoms with Crippen LogP contribution in [-0.2, 0) is 6.42 Å². The van der Waals surface area contributed by atoms with Crippen molar-refractivity contribution in [1.29, 1.82) is 0 Å². The first kappa shape index (κ1) is 13.6. The average Bonchev–Trinajstić information content (AvgIpc) is 2.80. The van der Waals surface area contributed by atoms with Crippen molar-refractivity contribution < 1.29 is 0 Å². The van der Waals surface area contributed by atoms with Gasteiger partial charge in [-0.3, -0.25) is 0 Å². The molecule has 1 aliphatic rings. The van der Waals surface area contributed by atoms with Gasteiger partial charge in [-0.15, -0.1) is 0 Å². The number of aryl methyl sites for hydroxylation is 2. The van der Waals surface area contributed by atoms with Crippen LogP contribution in [0, 0.1) is 25.7 Å². The maximum absolute atomic E-state index is 3.39. The molecule has 0 radical (unpaired) electrons. The van der Waals surface area contributed by atoms with Crippen LogP contribution in [0.15, 0.2) is 18.2 Å². The van der Waals surface area contributed by atoms with E-state index in [4.69, 9.17) is 0 Å². The van der Waals surface area contributed by atoms with E-state index in [1.165, 1.54) is 48.8 Å². The minimum atomic E-state index is 0.818. The van der Waals surface area contributed by atoms with Crippen LogP contribution in [0.2, 0.25) is 0 Å². The summed E-state index contributed by atoms with van der Waals surface area (Å²) in [7, 11) is 2.09. The molecule has 0 aromatic heterocycles. The largest absolute Gasteiger partial charge is 0.319 e. The third-order valence-electron chi connectivity index (χ3n) is 4.31. The summed E-state index contributed by atoms with van der Waals surface area (Å²) in [5.74, 6) is 1.76. The smallest absolute Gasteiger partial charge is 0.00177 e. The maximum Gasteiger partial charge on any atom is -0.00177 e. The molecule has 1 atom stereocenters. The summed E-state index contributed by atoms with van der Waals surface area (Å²) < 4.78 is 0. The Balaban J connectivity index is 2.07. The second-order valence-electron chi connectivity index (χ2n) is 6.06. The molecule has 0 aliphatic heterocycles. The molecule has 18 heavy (non-hydrogen) atoms. The van der Waals surface area contributed by atoms with Gasteiger partial charge < -0.3 is 5.32 Å². The first-order valence-corrected chi connectivity index (χ1v) is 7.41. The van der Waals surface area contributed by atoms with Crippen LogP contribution in [0.4, 0.5) is 0 Å². The van der Waals surface area contributed by atoms with Crippen LogP contribution in [0.5, 0.6) is 0 Å². The van der Waals surface area contributed by atoms with Crippen LogP contribution in [-0.4, -0.2) is 13.6 Å². The van der Waals surface area contributed by atoms with Crippen molar-refractivity contribution in [2.75, 3.05) is 13.6 Å². The fourth-order valence-corrected chi connectivity index (χ4v) is 3.59. The summed E-state index contributed by atoms with van der Waals surface area (Å²) in [6, 6.07) is 7.00. The van der Waals surface area contributed by atoms with Crippen LogP contribution in [0.3, 0.4) is 0 Å². The molecule has 0 spiro atoms. The molecular weight excluding hydrogens is 218 g/mol. The second-order valence-corrected chi connectivity index (χ2v) is 6.06. The molecule has 1 N–H and O–H groups in total. The summed E-state index contributed by atoms with van der Waals surface area (Å²) in [4.78, 5) is 0. The van der Waals surface area contributed by atoms with Gasteiger partial charge in [-0.2, -0.15) is 0 Å². The summed E-state index contributed by atoms with van der Waals surface area (Å²) in [5.41, 5.74) is 4.33. The van der Waals surface area contributed by atoms with Gasteiger partial charge in [0.05, 0.1) is 0 Å². The van der Waals surface area contributed by atoms with Gasteiger partial charge in [0.1, 0.15) is 0 Å². The minimum Gasteiger partial charge on any atom is -0.319 e. The third kappa shape index (κ3) is 3.58. The molecule has 1 saturated carbocycles. The summed E-state index contributed by atoms with van der Waals surface area (Å²) >= 11 is 0. The zero-order valence-electron chi connectivity index (χ0n) is 12.1. The molecule has 1 aromatic carbocycles. The Bertz CT molecular complexity index is 357. The fraction of sp³-hybridized carbons (Fsp3) is 0.647. The number of benzene rings is 1. The Morgan fingerprint density at radius 1 is 1.11 bits per heavy atom. The lowest BCUT2D eigenvalue weighted by molar-refractivity contribution is 0.328. The van der Waals surface area contributed by atoms with E-state index in [9.17, 15) is 0 Å². The zero-order valence-corrected chi connectivity index (χ0v) is 12.1. The van der Waals surface area contributed by atoms with E-state index in [2.05, 4.69) is 44.4 Å². The van der Waals surface area contributed by atoms with E-state index < -0.39 is 0 Å². The van der Waals surface area contributed by atoms with Crippen molar-refractivity contribution in [3.8, 4) is 0 Å². The van der Waals surface area contributed by atoms with E-state index in [1.807, 2.05) is 0 Å². The van der Waals surface area contributed by atoms with E-state index >= 15 is 0 Å². The first-order chi connectivity index (χ1) is 8.69. The van der Waals surface area contributed by atoms with Crippen molar-refractivity contribution >= 4 is 0 Å². The van der Waals surface area contributed by atoms with Gasteiger partial charge in [0.2, 0.25) is 0 Å². The van der Waals surface area contributed by atoms with Gasteiger partial charge in [-0.1, -0.05) is 55.0 Å². The normalized spacial score (nSPS) is 18.2. The van der Waals surface area contributed by atoms with Crippen LogP contribution >= 0.6 is 0 Å². The van der Waals surface area contributed by atoms with Crippen molar-refractivity contribution in [2.24, 2.45) is 11.8 Å². The standard InChI is InChI=1S/C17H27N/c1-13-8-14(2)10-15(9-13)11-17(12-18-3)16-6-4-5-7-16/h8-10,16-18H,4-7,11-12H2,1-3H3. The van der Waals surface area contributed by atoms with Crippen molar-refractivity contribution in [2.45, 2.75) is 46.0 Å². The highest BCUT2D eigenvalue weighted by Gasteiger charge is 2.24. The molecule has 0 amide bonds. The zero-order chi connectivity index (χ0) is 13.0. The molecule has 0 saturated heterocycles. The average molecular weight is 245 g/mol. The number of hydrogen-bond donors (Lipinski definition) is 1. The number of rotatable bonds is 5. The van der Waals surface area contributed by atoms with E-state index in [0.29, 0.717) is 0 Å². The summed E-state index contributed by atoms with van der Waals surface area (Å²) in [5, 5.41) is 3.39. The molecule has 1 aromatic rings. The maximum atomic E-state index is 3.39. The number of nitrogens with one attached hydrogen (secondary N) is 1.